The Morgan fingerprint density at radius 2 is 0.593 bits per heavy atom. The number of hydrogen-bond acceptors (Lipinski definition) is 43. The van der Waals surface area contributed by atoms with Crippen LogP contribution in [0.15, 0.2) is 0 Å². The molecule has 0 saturated carbocycles. The summed E-state index contributed by atoms with van der Waals surface area (Å²) >= 11 is 0. The second kappa shape index (κ2) is 40.2. The molecule has 0 bridgehead atoms. The zero-order valence-electron chi connectivity index (χ0n) is 58.2. The minimum atomic E-state index is -2.46. The van der Waals surface area contributed by atoms with Crippen LogP contribution in [0.5, 0.6) is 0 Å². The summed E-state index contributed by atoms with van der Waals surface area (Å²) < 4.78 is 93.7. The predicted molar refractivity (Wildman–Crippen MR) is 335 cm³/mol. The molecule has 8 aliphatic heterocycles. The number of nitrogens with one attached hydrogen (secondary N) is 5. The van der Waals surface area contributed by atoms with Crippen molar-refractivity contribution in [1.82, 2.24) is 26.6 Å². The average Bonchev–Trinajstić information content (AvgIpc) is 0.761. The molecule has 8 heterocycles. The Morgan fingerprint density at radius 3 is 0.963 bits per heavy atom. The minimum absolute atomic E-state index is 0.254. The fraction of sp³-hybridized carbons (Fsp3) is 0.917. The van der Waals surface area contributed by atoms with E-state index in [2.05, 4.69) is 26.6 Å². The number of rotatable bonds is 32. The van der Waals surface area contributed by atoms with Gasteiger partial charge in [-0.05, 0) is 0 Å². The van der Waals surface area contributed by atoms with Gasteiger partial charge in [0.15, 0.2) is 50.3 Å². The SMILES string of the molecule is CC(=O)N[C@H]1[C@H](O[C@H]2[C@@H](O)[C@@H](CO[C@@H]3O[C@H](CO)[C@@H](O)[C@H](O)[C@H]3NC(C)=O)O[C@@H](O[C@H]3[C@H](O)[C@@H](NC(C)=O)[C@H](O[C@H]4[C@@H](O)[C@@H](CO)O[C@@H](O[C@H]5[C@H](O)[C@@H](O)[C@H](OC[C@@H](CO)NC=O)O[C@@H]5CO)[C@@H]4O)O[C@@H]3CO)[C@@H]2O)O[C@H](CO)[C@@H](O[C@@H]2O[C@H](CO[C@@H]3O[C@H](CO)[C@@H](O)[C@H](O)[C@H]3NC(C)=O)[C@H](O)[C@H](O)[C@H]2O)[C@@H]1O. The van der Waals surface area contributed by atoms with Crippen LogP contribution < -0.4 is 26.6 Å². The monoisotopic (exact) mass is 1580 g/mol. The van der Waals surface area contributed by atoms with Gasteiger partial charge < -0.3 is 215 Å². The fourth-order valence-electron chi connectivity index (χ4n) is 13.5. The molecule has 27 N–H and O–H groups in total. The minimum Gasteiger partial charge on any atom is -0.394 e. The maximum Gasteiger partial charge on any atom is 0.217 e. The van der Waals surface area contributed by atoms with Crippen LogP contribution in [0, 0.1) is 0 Å². The molecule has 48 heteroatoms. The molecule has 5 amide bonds. The van der Waals surface area contributed by atoms with E-state index in [9.17, 15) is 136 Å². The summed E-state index contributed by atoms with van der Waals surface area (Å²) in [5.74, 6) is -3.46. The molecule has 41 atom stereocenters. The van der Waals surface area contributed by atoms with E-state index in [4.69, 9.17) is 75.8 Å². The molecular formula is C60H101N5O43. The van der Waals surface area contributed by atoms with Crippen molar-refractivity contribution >= 4 is 30.0 Å². The van der Waals surface area contributed by atoms with Gasteiger partial charge in [0.1, 0.15) is 195 Å². The van der Waals surface area contributed by atoms with Gasteiger partial charge in [-0.3, -0.25) is 24.0 Å². The Hall–Kier alpha value is -4.17. The highest BCUT2D eigenvalue weighted by Gasteiger charge is 2.60. The summed E-state index contributed by atoms with van der Waals surface area (Å²) in [6, 6.07) is -8.11. The zero-order chi connectivity index (χ0) is 79.6. The lowest BCUT2D eigenvalue weighted by atomic mass is 9.93. The molecule has 8 fully saturated rings. The van der Waals surface area contributed by atoms with Crippen LogP contribution >= 0.6 is 0 Å². The van der Waals surface area contributed by atoms with Crippen LogP contribution in [0.2, 0.25) is 0 Å². The van der Waals surface area contributed by atoms with Crippen LogP contribution in [-0.2, 0) is 99.8 Å². The number of carbonyl (C=O) groups is 5. The summed E-state index contributed by atoms with van der Waals surface area (Å²) in [6.45, 7) is -5.25. The lowest BCUT2D eigenvalue weighted by molar-refractivity contribution is -0.389. The lowest BCUT2D eigenvalue weighted by Gasteiger charge is -2.51. The molecule has 48 nitrogen and oxygen atoms in total. The molecule has 0 aromatic heterocycles. The van der Waals surface area contributed by atoms with Crippen LogP contribution in [0.25, 0.3) is 0 Å². The first-order valence-corrected chi connectivity index (χ1v) is 34.3. The van der Waals surface area contributed by atoms with E-state index in [1.807, 2.05) is 0 Å². The summed E-state index contributed by atoms with van der Waals surface area (Å²) in [7, 11) is 0. The quantitative estimate of drug-likeness (QED) is 0.0278. The smallest absolute Gasteiger partial charge is 0.217 e. The zero-order valence-corrected chi connectivity index (χ0v) is 58.2. The largest absolute Gasteiger partial charge is 0.394 e. The highest BCUT2D eigenvalue weighted by atomic mass is 16.8. The van der Waals surface area contributed by atoms with E-state index < -0.39 is 341 Å². The van der Waals surface area contributed by atoms with Gasteiger partial charge in [-0.1, -0.05) is 0 Å². The maximum atomic E-state index is 13.1. The van der Waals surface area contributed by atoms with Crippen molar-refractivity contribution < 1.29 is 212 Å². The topological polar surface area (TPSA) is 738 Å². The Labute approximate surface area is 612 Å². The van der Waals surface area contributed by atoms with Crippen molar-refractivity contribution in [3.63, 3.8) is 0 Å². The third-order valence-electron chi connectivity index (χ3n) is 19.2. The van der Waals surface area contributed by atoms with Gasteiger partial charge in [-0.2, -0.15) is 0 Å². The van der Waals surface area contributed by atoms with Crippen LogP contribution in [-0.4, -0.2) is 460 Å². The van der Waals surface area contributed by atoms with E-state index in [0.29, 0.717) is 0 Å². The van der Waals surface area contributed by atoms with Gasteiger partial charge in [-0.25, -0.2) is 0 Å². The fourth-order valence-corrected chi connectivity index (χ4v) is 13.5. The maximum absolute atomic E-state index is 13.1. The highest BCUT2D eigenvalue weighted by Crippen LogP contribution is 2.39. The van der Waals surface area contributed by atoms with Crippen LogP contribution in [0.4, 0.5) is 0 Å². The standard InChI is InChI=1S/C60H101N5O43/c1-16(74)62-29-38(83)33(78)21(6-67)96-53(29)94-13-27-35(80)42(87)44(89)58(102-27)104-48-24(9-70)99-56(31(40(48)85)64-18(3)76)108-52-37(82)28(14-95-54-30(63-17(2)75)39(84)34(79)22(7-68)97-54)103-60(47(52)92)105-49-25(10-71)100-55(32(41(49)86)65-19(4)77)107-51-36(81)23(8-69)98-59(46(51)91)106-50-26(11-72)101-57(45(90)43(50)88)93-12-20(5-66)61-15-73/h15,20-60,66-72,78-92H,5-14H2,1-4H3,(H,61,73)(H,62,74)(H,63,75)(H,64,76)(H,65,77)/t20-,21-,22-,23-,24-,25-,26-,27-,28-,29-,30-,31-,32-,33-,34-,35+,36+,37+,38-,39-,40-,41-,42+,43-,44-,45-,46-,47-,48-,49-,50-,51+,52+,53-,54-,55+,56+,57-,58+,59+,60+/m1/s1. The molecule has 8 aliphatic rings. The van der Waals surface area contributed by atoms with E-state index in [0.717, 1.165) is 27.7 Å². The van der Waals surface area contributed by atoms with Crippen molar-refractivity contribution in [3.8, 4) is 0 Å². The van der Waals surface area contributed by atoms with Crippen molar-refractivity contribution in [2.75, 3.05) is 66.1 Å². The molecule has 8 saturated heterocycles. The molecule has 8 rings (SSSR count). The summed E-state index contributed by atoms with van der Waals surface area (Å²) in [5, 5.41) is 255. The van der Waals surface area contributed by atoms with E-state index >= 15 is 0 Å². The summed E-state index contributed by atoms with van der Waals surface area (Å²) in [5.41, 5.74) is 0. The van der Waals surface area contributed by atoms with Crippen molar-refractivity contribution in [2.24, 2.45) is 0 Å². The van der Waals surface area contributed by atoms with Gasteiger partial charge in [0.05, 0.1) is 72.1 Å². The number of ether oxygens (including phenoxy) is 16. The normalized spacial score (nSPS) is 46.2. The second-order valence-electron chi connectivity index (χ2n) is 26.9. The van der Waals surface area contributed by atoms with Gasteiger partial charge in [-0.15, -0.1) is 0 Å². The van der Waals surface area contributed by atoms with E-state index in [-0.39, 0.29) is 6.41 Å². The molecule has 108 heavy (non-hydrogen) atoms. The number of aliphatic hydroxyl groups is 22. The van der Waals surface area contributed by atoms with Crippen molar-refractivity contribution in [1.29, 1.82) is 0 Å². The third-order valence-corrected chi connectivity index (χ3v) is 19.2. The van der Waals surface area contributed by atoms with Crippen molar-refractivity contribution in [2.45, 2.75) is 279 Å². The van der Waals surface area contributed by atoms with Crippen LogP contribution in [0.1, 0.15) is 27.7 Å². The molecule has 624 valence electrons. The van der Waals surface area contributed by atoms with Gasteiger partial charge >= 0.3 is 0 Å². The number of hydrogen-bond donors (Lipinski definition) is 27. The molecule has 0 aliphatic carbocycles. The van der Waals surface area contributed by atoms with Gasteiger partial charge in [0.25, 0.3) is 0 Å². The molecule has 0 spiro atoms. The Kier molecular flexibility index (Phi) is 33.3. The number of aliphatic hydroxyl groups excluding tert-OH is 22. The molecular weight excluding hydrogens is 1480 g/mol. The Morgan fingerprint density at radius 1 is 0.306 bits per heavy atom. The summed E-state index contributed by atoms with van der Waals surface area (Å²) in [6.07, 6.45) is -71.7. The Bertz CT molecular complexity index is 2830. The number of carbonyl (C=O) groups excluding carboxylic acids is 5. The first-order chi connectivity index (χ1) is 51.2. The van der Waals surface area contributed by atoms with Gasteiger partial charge in [0.2, 0.25) is 30.0 Å². The molecule has 0 aromatic rings. The van der Waals surface area contributed by atoms with Gasteiger partial charge in [0, 0.05) is 27.7 Å². The highest BCUT2D eigenvalue weighted by molar-refractivity contribution is 5.74. The first-order valence-electron chi connectivity index (χ1n) is 34.3. The molecule has 0 unspecified atom stereocenters. The van der Waals surface area contributed by atoms with Crippen molar-refractivity contribution in [3.05, 3.63) is 0 Å². The van der Waals surface area contributed by atoms with E-state index in [1.54, 1.807) is 0 Å². The van der Waals surface area contributed by atoms with Crippen LogP contribution in [0.3, 0.4) is 0 Å². The predicted octanol–water partition coefficient (Wildman–Crippen LogP) is -18.7. The summed E-state index contributed by atoms with van der Waals surface area (Å²) in [4.78, 5) is 61.5. The molecule has 0 aromatic carbocycles. The molecule has 0 radical (unpaired) electrons. The Balaban J connectivity index is 1.05. The third kappa shape index (κ3) is 20.7. The first kappa shape index (κ1) is 89.4. The van der Waals surface area contributed by atoms with E-state index in [1.165, 1.54) is 0 Å². The second-order valence-corrected chi connectivity index (χ2v) is 26.9. The number of amides is 5. The average molecular weight is 1580 g/mol. The lowest BCUT2D eigenvalue weighted by Crippen LogP contribution is -2.71.